The third kappa shape index (κ3) is 7.15. The van der Waals surface area contributed by atoms with Crippen molar-refractivity contribution in [3.8, 4) is 11.5 Å². The van der Waals surface area contributed by atoms with E-state index < -0.39 is 6.04 Å². The van der Waals surface area contributed by atoms with Crippen molar-refractivity contribution in [2.24, 2.45) is 0 Å². The molecule has 0 saturated heterocycles. The highest BCUT2D eigenvalue weighted by molar-refractivity contribution is 6.42. The maximum absolute atomic E-state index is 13.6. The molecule has 2 amide bonds. The summed E-state index contributed by atoms with van der Waals surface area (Å²) in [6, 6.07) is 19.7. The summed E-state index contributed by atoms with van der Waals surface area (Å²) in [4.78, 5) is 28.3. The van der Waals surface area contributed by atoms with E-state index in [9.17, 15) is 9.59 Å². The van der Waals surface area contributed by atoms with Gasteiger partial charge in [-0.15, -0.1) is 0 Å². The first-order valence-electron chi connectivity index (χ1n) is 11.6. The number of nitrogens with zero attached hydrogens (tertiary/aromatic N) is 1. The number of ether oxygens (including phenoxy) is 2. The van der Waals surface area contributed by atoms with Crippen molar-refractivity contribution in [1.29, 1.82) is 0 Å². The first-order valence-corrected chi connectivity index (χ1v) is 12.3. The van der Waals surface area contributed by atoms with Crippen molar-refractivity contribution < 1.29 is 19.1 Å². The predicted molar refractivity (Wildman–Crippen MR) is 143 cm³/mol. The minimum atomic E-state index is -0.704. The monoisotopic (exact) mass is 528 g/mol. The van der Waals surface area contributed by atoms with Crippen LogP contribution in [-0.2, 0) is 29.0 Å². The largest absolute Gasteiger partial charge is 0.493 e. The van der Waals surface area contributed by atoms with E-state index in [1.54, 1.807) is 38.3 Å². The topological polar surface area (TPSA) is 67.9 Å². The third-order valence-electron chi connectivity index (χ3n) is 5.93. The van der Waals surface area contributed by atoms with E-state index in [4.69, 9.17) is 32.7 Å². The summed E-state index contributed by atoms with van der Waals surface area (Å²) in [5, 5.41) is 3.54. The second-order valence-electron chi connectivity index (χ2n) is 8.28. The van der Waals surface area contributed by atoms with Gasteiger partial charge in [-0.25, -0.2) is 0 Å². The Bertz CT molecular complexity index is 1190. The Morgan fingerprint density at radius 2 is 1.56 bits per heavy atom. The molecule has 1 N–H and O–H groups in total. The van der Waals surface area contributed by atoms with Crippen molar-refractivity contribution in [3.05, 3.63) is 93.5 Å². The fraction of sp³-hybridized carbons (Fsp3) is 0.286. The number of amides is 2. The molecule has 1 atom stereocenters. The fourth-order valence-corrected chi connectivity index (χ4v) is 4.31. The Morgan fingerprint density at radius 1 is 0.861 bits per heavy atom. The lowest BCUT2D eigenvalue weighted by Gasteiger charge is -2.31. The highest BCUT2D eigenvalue weighted by Crippen LogP contribution is 2.28. The first-order chi connectivity index (χ1) is 17.4. The lowest BCUT2D eigenvalue weighted by molar-refractivity contribution is -0.141. The molecule has 0 heterocycles. The molecular weight excluding hydrogens is 499 g/mol. The lowest BCUT2D eigenvalue weighted by atomic mass is 10.0. The second-order valence-corrected chi connectivity index (χ2v) is 9.09. The number of hydrogen-bond acceptors (Lipinski definition) is 4. The van der Waals surface area contributed by atoms with Crippen molar-refractivity contribution in [3.63, 3.8) is 0 Å². The molecule has 0 unspecified atom stereocenters. The van der Waals surface area contributed by atoms with E-state index in [1.807, 2.05) is 54.6 Å². The molecule has 0 saturated carbocycles. The highest BCUT2D eigenvalue weighted by atomic mass is 35.5. The van der Waals surface area contributed by atoms with E-state index in [-0.39, 0.29) is 24.8 Å². The zero-order valence-corrected chi connectivity index (χ0v) is 22.1. The van der Waals surface area contributed by atoms with E-state index in [0.717, 1.165) is 16.7 Å². The molecular formula is C28H30Cl2N2O4. The number of halogens is 2. The average Bonchev–Trinajstić information content (AvgIpc) is 2.91. The summed E-state index contributed by atoms with van der Waals surface area (Å²) in [7, 11) is 4.72. The van der Waals surface area contributed by atoms with Gasteiger partial charge in [-0.05, 0) is 47.4 Å². The van der Waals surface area contributed by atoms with Gasteiger partial charge in [0.2, 0.25) is 11.8 Å². The Kier molecular flexibility index (Phi) is 10.0. The van der Waals surface area contributed by atoms with Crippen LogP contribution in [0.5, 0.6) is 11.5 Å². The molecule has 6 nitrogen and oxygen atoms in total. The fourth-order valence-electron chi connectivity index (χ4n) is 3.99. The standard InChI is InChI=1S/C28H30Cl2N2O4/c1-31-28(34)24(16-19-7-5-4-6-8-19)32(18-21-9-12-22(29)23(30)15-21)27(33)14-11-20-10-13-25(35-2)26(17-20)36-3/h4-10,12-13,15,17,24H,11,14,16,18H2,1-3H3,(H,31,34)/t24-/m1/s1. The van der Waals surface area contributed by atoms with E-state index in [0.29, 0.717) is 34.4 Å². The molecule has 190 valence electrons. The smallest absolute Gasteiger partial charge is 0.242 e. The molecule has 8 heteroatoms. The van der Waals surface area contributed by atoms with E-state index in [1.165, 1.54) is 0 Å². The van der Waals surface area contributed by atoms with Gasteiger partial charge in [0.25, 0.3) is 0 Å². The number of nitrogens with one attached hydrogen (secondary N) is 1. The van der Waals surface area contributed by atoms with Gasteiger partial charge in [0.1, 0.15) is 6.04 Å². The van der Waals surface area contributed by atoms with Crippen molar-refractivity contribution >= 4 is 35.0 Å². The van der Waals surface area contributed by atoms with Crippen LogP contribution in [0, 0.1) is 0 Å². The molecule has 0 aliphatic carbocycles. The maximum atomic E-state index is 13.6. The normalized spacial score (nSPS) is 11.5. The third-order valence-corrected chi connectivity index (χ3v) is 6.67. The lowest BCUT2D eigenvalue weighted by Crippen LogP contribution is -2.49. The molecule has 3 rings (SSSR count). The van der Waals surface area contributed by atoms with Gasteiger partial charge in [-0.1, -0.05) is 65.7 Å². The highest BCUT2D eigenvalue weighted by Gasteiger charge is 2.29. The second kappa shape index (κ2) is 13.2. The van der Waals surface area contributed by atoms with Crippen LogP contribution in [0.4, 0.5) is 0 Å². The van der Waals surface area contributed by atoms with Crippen LogP contribution >= 0.6 is 23.2 Å². The number of carbonyl (C=O) groups is 2. The van der Waals surface area contributed by atoms with E-state index >= 15 is 0 Å². The summed E-state index contributed by atoms with van der Waals surface area (Å²) in [6.07, 6.45) is 1.06. The average molecular weight is 529 g/mol. The molecule has 0 bridgehead atoms. The first kappa shape index (κ1) is 27.4. The Labute approximate surface area is 222 Å². The SMILES string of the molecule is CNC(=O)[C@@H](Cc1ccccc1)N(Cc1ccc(Cl)c(Cl)c1)C(=O)CCc1ccc(OC)c(OC)c1. The molecule has 36 heavy (non-hydrogen) atoms. The number of methoxy groups -OCH3 is 2. The Balaban J connectivity index is 1.89. The quantitative estimate of drug-likeness (QED) is 0.365. The van der Waals surface area contributed by atoms with Crippen LogP contribution < -0.4 is 14.8 Å². The summed E-state index contributed by atoms with van der Waals surface area (Å²) in [6.45, 7) is 0.215. The molecule has 0 radical (unpaired) electrons. The number of benzene rings is 3. The van der Waals surface area contributed by atoms with Gasteiger partial charge in [0.05, 0.1) is 24.3 Å². The summed E-state index contributed by atoms with van der Waals surface area (Å²) in [5.74, 6) is 0.831. The molecule has 3 aromatic rings. The summed E-state index contributed by atoms with van der Waals surface area (Å²) < 4.78 is 10.7. The Hall–Kier alpha value is -3.22. The molecule has 0 spiro atoms. The zero-order chi connectivity index (χ0) is 26.1. The van der Waals surface area contributed by atoms with Crippen molar-refractivity contribution in [2.45, 2.75) is 31.8 Å². The van der Waals surface area contributed by atoms with Crippen molar-refractivity contribution in [2.75, 3.05) is 21.3 Å². The minimum Gasteiger partial charge on any atom is -0.493 e. The molecule has 0 aliphatic rings. The number of aryl methyl sites for hydroxylation is 1. The molecule has 3 aromatic carbocycles. The van der Waals surface area contributed by atoms with E-state index in [2.05, 4.69) is 5.32 Å². The van der Waals surface area contributed by atoms with Gasteiger partial charge in [0, 0.05) is 26.4 Å². The van der Waals surface area contributed by atoms with Crippen LogP contribution in [0.1, 0.15) is 23.1 Å². The summed E-state index contributed by atoms with van der Waals surface area (Å²) in [5.41, 5.74) is 2.67. The van der Waals surface area contributed by atoms with Crippen molar-refractivity contribution in [1.82, 2.24) is 10.2 Å². The summed E-state index contributed by atoms with van der Waals surface area (Å²) >= 11 is 12.3. The van der Waals surface area contributed by atoms with Crippen LogP contribution in [0.3, 0.4) is 0 Å². The number of hydrogen-bond donors (Lipinski definition) is 1. The van der Waals surface area contributed by atoms with Gasteiger partial charge >= 0.3 is 0 Å². The molecule has 0 aromatic heterocycles. The molecule has 0 fully saturated rings. The Morgan fingerprint density at radius 3 is 2.19 bits per heavy atom. The van der Waals surface area contributed by atoms with Gasteiger partial charge in [0.15, 0.2) is 11.5 Å². The van der Waals surface area contributed by atoms with Gasteiger partial charge in [-0.2, -0.15) is 0 Å². The van der Waals surface area contributed by atoms with Crippen LogP contribution in [-0.4, -0.2) is 44.0 Å². The van der Waals surface area contributed by atoms with Gasteiger partial charge in [-0.3, -0.25) is 9.59 Å². The maximum Gasteiger partial charge on any atom is 0.242 e. The molecule has 0 aliphatic heterocycles. The van der Waals surface area contributed by atoms with Crippen LogP contribution in [0.2, 0.25) is 10.0 Å². The minimum absolute atomic E-state index is 0.152. The number of likely N-dealkylation sites (N-methyl/N-ethyl adjacent to an activating group) is 1. The van der Waals surface area contributed by atoms with Crippen LogP contribution in [0.25, 0.3) is 0 Å². The number of rotatable bonds is 11. The van der Waals surface area contributed by atoms with Crippen LogP contribution in [0.15, 0.2) is 66.7 Å². The number of carbonyl (C=O) groups excluding carboxylic acids is 2. The zero-order valence-electron chi connectivity index (χ0n) is 20.6. The predicted octanol–water partition coefficient (Wildman–Crippen LogP) is 5.33. The van der Waals surface area contributed by atoms with Gasteiger partial charge < -0.3 is 19.7 Å².